The Morgan fingerprint density at radius 3 is 2.43 bits per heavy atom. The molecule has 3 heterocycles. The minimum Gasteiger partial charge on any atom is -0.394 e. The topological polar surface area (TPSA) is 138 Å². The van der Waals surface area contributed by atoms with Gasteiger partial charge in [-0.2, -0.15) is 0 Å². The van der Waals surface area contributed by atoms with Crippen molar-refractivity contribution in [2.75, 3.05) is 13.2 Å². The Hall–Kier alpha value is -0.620. The van der Waals surface area contributed by atoms with E-state index in [1.807, 2.05) is 0 Å². The zero-order chi connectivity index (χ0) is 29.8. The van der Waals surface area contributed by atoms with E-state index < -0.39 is 49.2 Å². The molecule has 0 radical (unpaired) electrons. The van der Waals surface area contributed by atoms with Gasteiger partial charge in [0.1, 0.15) is 24.4 Å². The second-order valence-corrected chi connectivity index (χ2v) is 15.6. The molecule has 4 saturated carbocycles. The standard InChI is InChI=1S/C33H52O9/c1-16-7-10-33(39-15-16)17(2)26-23(42-33)13-22-20-6-5-18-11-19(40-30-29(38)28(37)27(36)24(14-34)41-30)12-25(35)32(18,4)21(20)8-9-31(22,26)3/h16,18-30,34-38H,2,5-15H2,1,3-4H3. The van der Waals surface area contributed by atoms with Gasteiger partial charge >= 0.3 is 0 Å². The van der Waals surface area contributed by atoms with Gasteiger partial charge in [0, 0.05) is 18.8 Å². The third kappa shape index (κ3) is 4.21. The van der Waals surface area contributed by atoms with Crippen molar-refractivity contribution in [2.45, 2.75) is 133 Å². The molecule has 42 heavy (non-hydrogen) atoms. The van der Waals surface area contributed by atoms with E-state index in [-0.39, 0.29) is 29.0 Å². The molecule has 0 bridgehead atoms. The molecule has 17 atom stereocenters. The Morgan fingerprint density at radius 2 is 1.71 bits per heavy atom. The average molecular weight is 593 g/mol. The number of hydrogen-bond donors (Lipinski definition) is 5. The van der Waals surface area contributed by atoms with E-state index in [9.17, 15) is 25.5 Å². The first-order valence-corrected chi connectivity index (χ1v) is 16.6. The van der Waals surface area contributed by atoms with Crippen LogP contribution in [0.25, 0.3) is 0 Å². The van der Waals surface area contributed by atoms with Crippen LogP contribution >= 0.6 is 0 Å². The number of hydrogen-bond acceptors (Lipinski definition) is 9. The molecule has 7 fully saturated rings. The molecule has 9 heteroatoms. The maximum absolute atomic E-state index is 11.8. The summed E-state index contributed by atoms with van der Waals surface area (Å²) in [5.74, 6) is 2.07. The Morgan fingerprint density at radius 1 is 0.929 bits per heavy atom. The summed E-state index contributed by atoms with van der Waals surface area (Å²) in [6, 6.07) is 0. The molecular weight excluding hydrogens is 540 g/mol. The molecule has 3 aliphatic heterocycles. The molecule has 3 saturated heterocycles. The van der Waals surface area contributed by atoms with Crippen molar-refractivity contribution in [1.82, 2.24) is 0 Å². The van der Waals surface area contributed by atoms with Gasteiger partial charge in [-0.25, -0.2) is 0 Å². The Balaban J connectivity index is 1.05. The molecule has 5 N–H and O–H groups in total. The van der Waals surface area contributed by atoms with E-state index >= 15 is 0 Å². The van der Waals surface area contributed by atoms with Crippen molar-refractivity contribution in [3.63, 3.8) is 0 Å². The van der Waals surface area contributed by atoms with Crippen LogP contribution in [0.1, 0.15) is 78.6 Å². The average Bonchev–Trinajstić information content (AvgIpc) is 3.41. The molecular formula is C33H52O9. The van der Waals surface area contributed by atoms with Gasteiger partial charge in [-0.1, -0.05) is 27.4 Å². The molecule has 0 aromatic carbocycles. The van der Waals surface area contributed by atoms with Gasteiger partial charge in [0.05, 0.1) is 31.5 Å². The Labute approximate surface area is 249 Å². The number of aliphatic hydroxyl groups excluding tert-OH is 5. The third-order valence-electron chi connectivity index (χ3n) is 13.7. The predicted octanol–water partition coefficient (Wildman–Crippen LogP) is 2.51. The number of aliphatic hydroxyl groups is 5. The number of ether oxygens (including phenoxy) is 4. The molecule has 0 aromatic heterocycles. The lowest BCUT2D eigenvalue weighted by molar-refractivity contribution is -0.320. The predicted molar refractivity (Wildman–Crippen MR) is 152 cm³/mol. The van der Waals surface area contributed by atoms with Crippen LogP contribution in [0.5, 0.6) is 0 Å². The van der Waals surface area contributed by atoms with Crippen molar-refractivity contribution >= 4 is 0 Å². The SMILES string of the molecule is C=C1C2C(CC3C4CCC5CC(OC6OC(CO)C(O)C(O)C6O)CC(O)C5(C)C4CCC32C)OC12CCC(C)CO2. The molecule has 7 aliphatic rings. The third-order valence-corrected chi connectivity index (χ3v) is 13.7. The highest BCUT2D eigenvalue weighted by Gasteiger charge is 2.69. The zero-order valence-electron chi connectivity index (χ0n) is 25.4. The van der Waals surface area contributed by atoms with Crippen molar-refractivity contribution in [3.8, 4) is 0 Å². The molecule has 17 unspecified atom stereocenters. The Kier molecular flexibility index (Phi) is 7.48. The summed E-state index contributed by atoms with van der Waals surface area (Å²) in [6.45, 7) is 11.9. The maximum Gasteiger partial charge on any atom is 0.191 e. The van der Waals surface area contributed by atoms with Crippen LogP contribution in [0.2, 0.25) is 0 Å². The highest BCUT2D eigenvalue weighted by Crippen LogP contribution is 2.71. The molecule has 9 nitrogen and oxygen atoms in total. The van der Waals surface area contributed by atoms with E-state index in [1.165, 1.54) is 5.57 Å². The lowest BCUT2D eigenvalue weighted by Gasteiger charge is -2.62. The molecule has 238 valence electrons. The summed E-state index contributed by atoms with van der Waals surface area (Å²) in [5, 5.41) is 52.2. The van der Waals surface area contributed by atoms with Crippen LogP contribution in [-0.2, 0) is 18.9 Å². The summed E-state index contributed by atoms with van der Waals surface area (Å²) in [4.78, 5) is 0. The molecule has 1 spiro atoms. The van der Waals surface area contributed by atoms with Crippen molar-refractivity contribution in [1.29, 1.82) is 0 Å². The first kappa shape index (κ1) is 30.1. The largest absolute Gasteiger partial charge is 0.394 e. The molecule has 0 aromatic rings. The summed E-state index contributed by atoms with van der Waals surface area (Å²) < 4.78 is 25.0. The minimum atomic E-state index is -1.47. The van der Waals surface area contributed by atoms with Crippen LogP contribution in [0.4, 0.5) is 0 Å². The number of rotatable bonds is 3. The van der Waals surface area contributed by atoms with E-state index in [0.717, 1.165) is 58.0 Å². The van der Waals surface area contributed by atoms with Gasteiger partial charge in [0.2, 0.25) is 0 Å². The Bertz CT molecular complexity index is 1040. The van der Waals surface area contributed by atoms with Crippen molar-refractivity contribution in [2.24, 2.45) is 46.3 Å². The first-order chi connectivity index (χ1) is 19.9. The first-order valence-electron chi connectivity index (χ1n) is 16.6. The minimum absolute atomic E-state index is 0.135. The van der Waals surface area contributed by atoms with E-state index in [4.69, 9.17) is 18.9 Å². The van der Waals surface area contributed by atoms with Crippen LogP contribution in [-0.4, -0.2) is 93.6 Å². The van der Waals surface area contributed by atoms with E-state index in [1.54, 1.807) is 0 Å². The van der Waals surface area contributed by atoms with Crippen molar-refractivity contribution < 1.29 is 44.5 Å². The zero-order valence-corrected chi connectivity index (χ0v) is 25.4. The van der Waals surface area contributed by atoms with E-state index in [2.05, 4.69) is 27.4 Å². The van der Waals surface area contributed by atoms with Crippen LogP contribution < -0.4 is 0 Å². The van der Waals surface area contributed by atoms with Crippen LogP contribution in [0.3, 0.4) is 0 Å². The van der Waals surface area contributed by atoms with Gasteiger partial charge in [-0.05, 0) is 90.9 Å². The molecule has 0 amide bonds. The van der Waals surface area contributed by atoms with Crippen LogP contribution in [0, 0.1) is 46.3 Å². The summed E-state index contributed by atoms with van der Waals surface area (Å²) in [6.07, 6.45) is 1.33. The van der Waals surface area contributed by atoms with Gasteiger partial charge in [-0.3, -0.25) is 0 Å². The molecule has 4 aliphatic carbocycles. The lowest BCUT2D eigenvalue weighted by Crippen LogP contribution is -2.62. The van der Waals surface area contributed by atoms with Crippen LogP contribution in [0.15, 0.2) is 12.2 Å². The summed E-state index contributed by atoms with van der Waals surface area (Å²) in [5.41, 5.74) is 1.09. The molecule has 7 rings (SSSR count). The fourth-order valence-electron chi connectivity index (χ4n) is 11.3. The van der Waals surface area contributed by atoms with Gasteiger partial charge in [0.25, 0.3) is 0 Å². The lowest BCUT2D eigenvalue weighted by atomic mass is 9.44. The highest BCUT2D eigenvalue weighted by molar-refractivity contribution is 5.29. The summed E-state index contributed by atoms with van der Waals surface area (Å²) >= 11 is 0. The quantitative estimate of drug-likeness (QED) is 0.247. The fraction of sp³-hybridized carbons (Fsp3) is 0.939. The highest BCUT2D eigenvalue weighted by atomic mass is 16.7. The number of fused-ring (bicyclic) bond motifs is 7. The normalized spacial score (nSPS) is 59.2. The van der Waals surface area contributed by atoms with Gasteiger partial charge in [-0.15, -0.1) is 0 Å². The second kappa shape index (κ2) is 10.5. The smallest absolute Gasteiger partial charge is 0.191 e. The maximum atomic E-state index is 11.8. The summed E-state index contributed by atoms with van der Waals surface area (Å²) in [7, 11) is 0. The van der Waals surface area contributed by atoms with E-state index in [0.29, 0.717) is 36.0 Å². The fourth-order valence-corrected chi connectivity index (χ4v) is 11.3. The van der Waals surface area contributed by atoms with Gasteiger partial charge in [0.15, 0.2) is 12.1 Å². The monoisotopic (exact) mass is 592 g/mol. The van der Waals surface area contributed by atoms with Crippen molar-refractivity contribution in [3.05, 3.63) is 12.2 Å². The second-order valence-electron chi connectivity index (χ2n) is 15.6. The van der Waals surface area contributed by atoms with Gasteiger partial charge < -0.3 is 44.5 Å².